The average molecular weight is 538 g/mol. The molecular formula is C16H26F3IN4O3S. The highest BCUT2D eigenvalue weighted by molar-refractivity contribution is 14.0. The van der Waals surface area contributed by atoms with E-state index in [4.69, 9.17) is 4.74 Å². The summed E-state index contributed by atoms with van der Waals surface area (Å²) in [7, 11) is -3.28. The van der Waals surface area contributed by atoms with Crippen LogP contribution in [0.2, 0.25) is 0 Å². The molecule has 28 heavy (non-hydrogen) atoms. The van der Waals surface area contributed by atoms with Gasteiger partial charge in [-0.25, -0.2) is 18.1 Å². The van der Waals surface area contributed by atoms with Gasteiger partial charge in [-0.05, 0) is 25.5 Å². The third kappa shape index (κ3) is 12.2. The van der Waals surface area contributed by atoms with Crippen molar-refractivity contribution < 1.29 is 26.3 Å². The molecule has 0 saturated carbocycles. The van der Waals surface area contributed by atoms with E-state index in [-0.39, 0.29) is 42.8 Å². The fraction of sp³-hybridized carbons (Fsp3) is 0.562. The van der Waals surface area contributed by atoms with Crippen LogP contribution < -0.4 is 20.1 Å². The van der Waals surface area contributed by atoms with Crippen molar-refractivity contribution in [1.82, 2.24) is 15.4 Å². The van der Waals surface area contributed by atoms with Gasteiger partial charge in [0.1, 0.15) is 5.75 Å². The molecule has 0 bridgehead atoms. The standard InChI is InChI=1S/C16H25F3N4O3S.HI/c1-4-20-15(21-7-8-23-27(3,24)25)22-10-13-6-5-12(2)9-14(13)26-11-16(17,18)19;/h5-6,9,23H,4,7-8,10-11H2,1-3H3,(H2,20,21,22);1H. The van der Waals surface area contributed by atoms with E-state index in [1.54, 1.807) is 19.1 Å². The minimum atomic E-state index is -4.42. The molecule has 0 fully saturated rings. The zero-order chi connectivity index (χ0) is 20.5. The predicted octanol–water partition coefficient (Wildman–Crippen LogP) is 2.16. The fourth-order valence-electron chi connectivity index (χ4n) is 2.01. The van der Waals surface area contributed by atoms with Crippen LogP contribution in [-0.2, 0) is 16.6 Å². The number of alkyl halides is 3. The van der Waals surface area contributed by atoms with Crippen molar-refractivity contribution in [3.8, 4) is 5.75 Å². The van der Waals surface area contributed by atoms with Gasteiger partial charge in [-0.1, -0.05) is 12.1 Å². The van der Waals surface area contributed by atoms with Crippen molar-refractivity contribution >= 4 is 40.0 Å². The topological polar surface area (TPSA) is 91.8 Å². The molecule has 1 rings (SSSR count). The van der Waals surface area contributed by atoms with E-state index in [2.05, 4.69) is 20.3 Å². The third-order valence-corrected chi connectivity index (χ3v) is 3.88. The van der Waals surface area contributed by atoms with E-state index in [0.717, 1.165) is 11.8 Å². The first-order chi connectivity index (χ1) is 12.5. The van der Waals surface area contributed by atoms with Gasteiger partial charge in [0.15, 0.2) is 12.6 Å². The number of aryl methyl sites for hydroxylation is 1. The molecule has 0 aliphatic rings. The first-order valence-corrected chi connectivity index (χ1v) is 10.1. The smallest absolute Gasteiger partial charge is 0.422 e. The number of halogens is 4. The molecule has 1 aromatic rings. The second kappa shape index (κ2) is 12.3. The van der Waals surface area contributed by atoms with E-state index < -0.39 is 22.8 Å². The van der Waals surface area contributed by atoms with Crippen molar-refractivity contribution in [2.75, 3.05) is 32.5 Å². The Labute approximate surface area is 180 Å². The fourth-order valence-corrected chi connectivity index (χ4v) is 2.48. The zero-order valence-corrected chi connectivity index (χ0v) is 19.0. The highest BCUT2D eigenvalue weighted by Crippen LogP contribution is 2.24. The number of hydrogen-bond acceptors (Lipinski definition) is 4. The molecule has 1 aromatic carbocycles. The maximum absolute atomic E-state index is 12.4. The maximum Gasteiger partial charge on any atom is 0.422 e. The van der Waals surface area contributed by atoms with Crippen LogP contribution in [-0.4, -0.2) is 53.1 Å². The molecule has 0 spiro atoms. The highest BCUT2D eigenvalue weighted by atomic mass is 127. The molecule has 0 saturated heterocycles. The summed E-state index contributed by atoms with van der Waals surface area (Å²) in [5.74, 6) is 0.542. The molecule has 0 aliphatic carbocycles. The van der Waals surface area contributed by atoms with Crippen molar-refractivity contribution in [1.29, 1.82) is 0 Å². The summed E-state index contributed by atoms with van der Waals surface area (Å²) in [5, 5.41) is 5.92. The molecule has 0 aromatic heterocycles. The molecule has 0 heterocycles. The quantitative estimate of drug-likeness (QED) is 0.194. The molecular weight excluding hydrogens is 512 g/mol. The lowest BCUT2D eigenvalue weighted by Gasteiger charge is -2.14. The number of guanidine groups is 1. The van der Waals surface area contributed by atoms with Crippen LogP contribution in [0.1, 0.15) is 18.1 Å². The Balaban J connectivity index is 0.00000729. The molecule has 0 atom stereocenters. The summed E-state index contributed by atoms with van der Waals surface area (Å²) in [6, 6.07) is 4.97. The molecule has 0 unspecified atom stereocenters. The van der Waals surface area contributed by atoms with E-state index >= 15 is 0 Å². The van der Waals surface area contributed by atoms with Gasteiger partial charge < -0.3 is 15.4 Å². The Morgan fingerprint density at radius 3 is 2.46 bits per heavy atom. The van der Waals surface area contributed by atoms with Gasteiger partial charge in [0.2, 0.25) is 10.0 Å². The van der Waals surface area contributed by atoms with Crippen LogP contribution in [0.15, 0.2) is 23.2 Å². The maximum atomic E-state index is 12.4. The highest BCUT2D eigenvalue weighted by Gasteiger charge is 2.28. The Morgan fingerprint density at radius 2 is 1.89 bits per heavy atom. The van der Waals surface area contributed by atoms with Gasteiger partial charge in [0.25, 0.3) is 0 Å². The normalized spacial score (nSPS) is 12.3. The van der Waals surface area contributed by atoms with E-state index in [0.29, 0.717) is 24.6 Å². The number of nitrogens with zero attached hydrogens (tertiary/aromatic N) is 1. The lowest BCUT2D eigenvalue weighted by Crippen LogP contribution is -2.41. The lowest BCUT2D eigenvalue weighted by atomic mass is 10.1. The molecule has 3 N–H and O–H groups in total. The molecule has 0 radical (unpaired) electrons. The van der Waals surface area contributed by atoms with E-state index in [9.17, 15) is 21.6 Å². The van der Waals surface area contributed by atoms with Crippen LogP contribution in [0.3, 0.4) is 0 Å². The van der Waals surface area contributed by atoms with Gasteiger partial charge >= 0.3 is 6.18 Å². The Hall–Kier alpha value is -1.28. The second-order valence-corrected chi connectivity index (χ2v) is 7.64. The average Bonchev–Trinajstić information content (AvgIpc) is 2.54. The van der Waals surface area contributed by atoms with Crippen LogP contribution in [0.4, 0.5) is 13.2 Å². The van der Waals surface area contributed by atoms with Crippen LogP contribution in [0.5, 0.6) is 5.75 Å². The monoisotopic (exact) mass is 538 g/mol. The predicted molar refractivity (Wildman–Crippen MR) is 114 cm³/mol. The minimum absolute atomic E-state index is 0. The van der Waals surface area contributed by atoms with Gasteiger partial charge in [-0.15, -0.1) is 24.0 Å². The number of sulfonamides is 1. The Bertz CT molecular complexity index is 743. The first-order valence-electron chi connectivity index (χ1n) is 8.26. The first kappa shape index (κ1) is 26.7. The number of ether oxygens (including phenoxy) is 1. The van der Waals surface area contributed by atoms with Crippen molar-refractivity contribution in [3.05, 3.63) is 29.3 Å². The van der Waals surface area contributed by atoms with Crippen LogP contribution >= 0.6 is 24.0 Å². The van der Waals surface area contributed by atoms with Crippen molar-refractivity contribution in [3.63, 3.8) is 0 Å². The number of nitrogens with one attached hydrogen (secondary N) is 3. The summed E-state index contributed by atoms with van der Waals surface area (Å²) in [4.78, 5) is 4.31. The molecule has 12 heteroatoms. The molecule has 0 aliphatic heterocycles. The largest absolute Gasteiger partial charge is 0.484 e. The third-order valence-electron chi connectivity index (χ3n) is 3.15. The van der Waals surface area contributed by atoms with Crippen molar-refractivity contribution in [2.24, 2.45) is 4.99 Å². The van der Waals surface area contributed by atoms with Gasteiger partial charge in [-0.3, -0.25) is 0 Å². The van der Waals surface area contributed by atoms with E-state index in [1.807, 2.05) is 6.92 Å². The number of benzene rings is 1. The molecule has 162 valence electrons. The SMILES string of the molecule is CCNC(=NCc1ccc(C)cc1OCC(F)(F)F)NCCNS(C)(=O)=O.I. The molecule has 7 nitrogen and oxygen atoms in total. The van der Waals surface area contributed by atoms with Crippen molar-refractivity contribution in [2.45, 2.75) is 26.6 Å². The molecule has 0 amide bonds. The summed E-state index contributed by atoms with van der Waals surface area (Å²) in [6.07, 6.45) is -3.36. The number of hydrogen-bond donors (Lipinski definition) is 3. The van der Waals surface area contributed by atoms with Crippen LogP contribution in [0.25, 0.3) is 0 Å². The summed E-state index contributed by atoms with van der Waals surface area (Å²) in [5.41, 5.74) is 1.29. The van der Waals surface area contributed by atoms with Gasteiger partial charge in [-0.2, -0.15) is 13.2 Å². The summed E-state index contributed by atoms with van der Waals surface area (Å²) >= 11 is 0. The van der Waals surface area contributed by atoms with Gasteiger partial charge in [0.05, 0.1) is 12.8 Å². The van der Waals surface area contributed by atoms with Gasteiger partial charge in [0, 0.05) is 25.2 Å². The number of aliphatic imine (C=N–C) groups is 1. The Morgan fingerprint density at radius 1 is 1.21 bits per heavy atom. The minimum Gasteiger partial charge on any atom is -0.484 e. The zero-order valence-electron chi connectivity index (χ0n) is 15.9. The number of rotatable bonds is 9. The summed E-state index contributed by atoms with van der Waals surface area (Å²) < 4.78 is 66.6. The summed E-state index contributed by atoms with van der Waals surface area (Å²) in [6.45, 7) is 3.38. The van der Waals surface area contributed by atoms with Crippen LogP contribution in [0, 0.1) is 6.92 Å². The second-order valence-electron chi connectivity index (χ2n) is 5.80. The Kier molecular flexibility index (Phi) is 11.8. The lowest BCUT2D eigenvalue weighted by molar-refractivity contribution is -0.153. The van der Waals surface area contributed by atoms with E-state index in [1.165, 1.54) is 6.07 Å².